The highest BCUT2D eigenvalue weighted by Gasteiger charge is 2.29. The Kier molecular flexibility index (Phi) is 6.34. The fraction of sp³-hybridized carbons (Fsp3) is 0.0750. The third kappa shape index (κ3) is 4.03. The van der Waals surface area contributed by atoms with Crippen molar-refractivity contribution < 1.29 is 4.79 Å². The summed E-state index contributed by atoms with van der Waals surface area (Å²) in [4.78, 5) is 16.9. The first kappa shape index (κ1) is 26.3. The lowest BCUT2D eigenvalue weighted by Crippen LogP contribution is -1.97. The summed E-state index contributed by atoms with van der Waals surface area (Å²) in [6.07, 6.45) is 8.89. The Morgan fingerprint density at radius 3 is 2.23 bits per heavy atom. The maximum absolute atomic E-state index is 13.3. The zero-order chi connectivity index (χ0) is 29.7. The van der Waals surface area contributed by atoms with Crippen molar-refractivity contribution in [2.75, 3.05) is 0 Å². The van der Waals surface area contributed by atoms with E-state index in [0.29, 0.717) is 0 Å². The third-order valence-electron chi connectivity index (χ3n) is 8.42. The summed E-state index contributed by atoms with van der Waals surface area (Å²) in [5, 5.41) is 3.49. The van der Waals surface area contributed by atoms with Gasteiger partial charge in [-0.1, -0.05) is 78.9 Å². The molecule has 3 nitrogen and oxygen atoms in total. The average Bonchev–Trinajstić information content (AvgIpc) is 3.65. The summed E-state index contributed by atoms with van der Waals surface area (Å²) in [5.41, 5.74) is 12.7. The van der Waals surface area contributed by atoms with Gasteiger partial charge in [-0.15, -0.1) is 12.3 Å². The summed E-state index contributed by atoms with van der Waals surface area (Å²) in [6.45, 7) is 5.91. The molecule has 2 heterocycles. The smallest absolute Gasteiger partial charge is 0.196 e. The third-order valence-corrected chi connectivity index (χ3v) is 8.42. The Labute approximate surface area is 251 Å². The zero-order valence-electron chi connectivity index (χ0n) is 24.4. The number of rotatable bonds is 3. The number of hydrogen-bond donors (Lipinski definition) is 1. The molecule has 3 heteroatoms. The van der Waals surface area contributed by atoms with Crippen molar-refractivity contribution in [2.24, 2.45) is 0 Å². The lowest BCUT2D eigenvalue weighted by Gasteiger charge is -2.11. The number of hydrogen-bond acceptors (Lipinski definition) is 1. The second-order valence-corrected chi connectivity index (χ2v) is 10.9. The number of nitrogens with zero attached hydrogens (tertiary/aromatic N) is 1. The van der Waals surface area contributed by atoms with Gasteiger partial charge in [0, 0.05) is 38.6 Å². The lowest BCUT2D eigenvalue weighted by molar-refractivity contribution is 0.104. The van der Waals surface area contributed by atoms with E-state index >= 15 is 0 Å². The van der Waals surface area contributed by atoms with Crippen molar-refractivity contribution in [2.45, 2.75) is 20.8 Å². The van der Waals surface area contributed by atoms with Gasteiger partial charge in [-0.2, -0.15) is 0 Å². The predicted octanol–water partition coefficient (Wildman–Crippen LogP) is 10.1. The Morgan fingerprint density at radius 1 is 0.767 bits per heavy atom. The van der Waals surface area contributed by atoms with Crippen LogP contribution in [0.3, 0.4) is 0 Å². The van der Waals surface area contributed by atoms with Gasteiger partial charge in [-0.05, 0) is 85.0 Å². The molecule has 206 valence electrons. The van der Waals surface area contributed by atoms with Crippen molar-refractivity contribution in [3.8, 4) is 40.3 Å². The molecule has 0 radical (unpaired) electrons. The first-order valence-electron chi connectivity index (χ1n) is 14.5. The van der Waals surface area contributed by atoms with E-state index in [1.165, 1.54) is 22.2 Å². The number of allylic oxidation sites excluding steroid dienone is 1. The molecule has 8 rings (SSSR count). The summed E-state index contributed by atoms with van der Waals surface area (Å²) in [5.74, 6) is 2.35. The molecular weight excluding hydrogens is 524 g/mol. The predicted molar refractivity (Wildman–Crippen MR) is 181 cm³/mol. The Bertz CT molecular complexity index is 2280. The number of aromatic amines is 1. The van der Waals surface area contributed by atoms with E-state index in [-0.39, 0.29) is 5.78 Å². The minimum atomic E-state index is 0.101. The fourth-order valence-electron chi connectivity index (χ4n) is 6.52. The molecule has 2 aromatic heterocycles. The standard InChI is InChI=1S/C37H26N2O.C3H4/c1-3-8-33-22(2)26-9-6-7-12-34(26)39(33)25-16-13-23(14-17-25)24-15-20-32-31(21-24)29-19-18-28-27-10-4-5-11-30(27)37(40)35(28)36(29)38-32;1-3-2/h3-21,38H,1-2H3;1H,2H3/b8-3-;. The van der Waals surface area contributed by atoms with E-state index in [9.17, 15) is 4.79 Å². The molecule has 0 bridgehead atoms. The number of carbonyl (C=O) groups is 1. The monoisotopic (exact) mass is 554 g/mol. The zero-order valence-corrected chi connectivity index (χ0v) is 24.4. The normalized spacial score (nSPS) is 12.0. The topological polar surface area (TPSA) is 37.8 Å². The van der Waals surface area contributed by atoms with Crippen molar-refractivity contribution in [1.82, 2.24) is 9.55 Å². The molecule has 0 atom stereocenters. The molecule has 1 aliphatic rings. The Balaban J connectivity index is 0.000000963. The molecule has 0 saturated carbocycles. The van der Waals surface area contributed by atoms with Crippen LogP contribution in [-0.4, -0.2) is 15.3 Å². The number of terminal acetylenes is 1. The molecule has 0 fully saturated rings. The largest absolute Gasteiger partial charge is 0.354 e. The summed E-state index contributed by atoms with van der Waals surface area (Å²) >= 11 is 0. The minimum absolute atomic E-state index is 0.101. The number of ketones is 1. The number of benzene rings is 5. The van der Waals surface area contributed by atoms with Gasteiger partial charge in [0.25, 0.3) is 0 Å². The number of aromatic nitrogens is 2. The molecule has 0 saturated heterocycles. The van der Waals surface area contributed by atoms with Gasteiger partial charge < -0.3 is 9.55 Å². The quantitative estimate of drug-likeness (QED) is 0.217. The van der Waals surface area contributed by atoms with Crippen LogP contribution in [0.1, 0.15) is 41.0 Å². The second-order valence-electron chi connectivity index (χ2n) is 10.9. The SMILES string of the molecule is C#CC.C/C=C\c1c(C)c2ccccc2n1-c1ccc(-c2ccc3[nH]c4c5c(ccc4c3c2)-c2ccccc2C5=O)cc1. The molecule has 43 heavy (non-hydrogen) atoms. The van der Waals surface area contributed by atoms with Gasteiger partial charge in [-0.3, -0.25) is 4.79 Å². The fourth-order valence-corrected chi connectivity index (χ4v) is 6.52. The first-order valence-corrected chi connectivity index (χ1v) is 14.5. The van der Waals surface area contributed by atoms with Gasteiger partial charge in [0.1, 0.15) is 0 Å². The molecule has 0 spiro atoms. The highest BCUT2D eigenvalue weighted by atomic mass is 16.1. The highest BCUT2D eigenvalue weighted by Crippen LogP contribution is 2.42. The van der Waals surface area contributed by atoms with Gasteiger partial charge in [-0.25, -0.2) is 0 Å². The van der Waals surface area contributed by atoms with Gasteiger partial charge in [0.15, 0.2) is 5.78 Å². The maximum atomic E-state index is 13.3. The van der Waals surface area contributed by atoms with Crippen LogP contribution in [0, 0.1) is 19.3 Å². The molecule has 1 aliphatic carbocycles. The molecular formula is C40H30N2O. The highest BCUT2D eigenvalue weighted by molar-refractivity contribution is 6.29. The van der Waals surface area contributed by atoms with E-state index in [0.717, 1.165) is 60.9 Å². The van der Waals surface area contributed by atoms with E-state index in [1.807, 2.05) is 24.3 Å². The van der Waals surface area contributed by atoms with Gasteiger partial charge in [0.05, 0.1) is 16.6 Å². The van der Waals surface area contributed by atoms with Gasteiger partial charge in [0.2, 0.25) is 0 Å². The minimum Gasteiger partial charge on any atom is -0.354 e. The number of fused-ring (bicyclic) bond motifs is 8. The van der Waals surface area contributed by atoms with E-state index < -0.39 is 0 Å². The van der Waals surface area contributed by atoms with Crippen LogP contribution in [-0.2, 0) is 0 Å². The van der Waals surface area contributed by atoms with Gasteiger partial charge >= 0.3 is 0 Å². The summed E-state index contributed by atoms with van der Waals surface area (Å²) < 4.78 is 2.34. The Morgan fingerprint density at radius 2 is 1.47 bits per heavy atom. The van der Waals surface area contributed by atoms with Crippen molar-refractivity contribution in [1.29, 1.82) is 0 Å². The average molecular weight is 555 g/mol. The van der Waals surface area contributed by atoms with E-state index in [2.05, 4.69) is 127 Å². The van der Waals surface area contributed by atoms with Crippen molar-refractivity contribution in [3.63, 3.8) is 0 Å². The van der Waals surface area contributed by atoms with Crippen molar-refractivity contribution >= 4 is 44.6 Å². The Hall–Kier alpha value is -5.59. The first-order chi connectivity index (χ1) is 21.0. The van der Waals surface area contributed by atoms with Crippen LogP contribution in [0.5, 0.6) is 0 Å². The number of aryl methyl sites for hydroxylation is 1. The maximum Gasteiger partial charge on any atom is 0.196 e. The number of nitrogens with one attached hydrogen (secondary N) is 1. The number of H-pyrrole nitrogens is 1. The molecule has 5 aromatic carbocycles. The van der Waals surface area contributed by atoms with Crippen LogP contribution in [0.2, 0.25) is 0 Å². The molecule has 0 aliphatic heterocycles. The molecule has 7 aromatic rings. The molecule has 1 N–H and O–H groups in total. The van der Waals surface area contributed by atoms with E-state index in [1.54, 1.807) is 6.92 Å². The van der Waals surface area contributed by atoms with E-state index in [4.69, 9.17) is 0 Å². The van der Waals surface area contributed by atoms with Crippen LogP contribution < -0.4 is 0 Å². The van der Waals surface area contributed by atoms with Crippen LogP contribution >= 0.6 is 0 Å². The number of para-hydroxylation sites is 1. The summed E-state index contributed by atoms with van der Waals surface area (Å²) in [6, 6.07) is 36.1. The van der Waals surface area contributed by atoms with Crippen LogP contribution in [0.25, 0.3) is 66.7 Å². The lowest BCUT2D eigenvalue weighted by atomic mass is 10.00. The van der Waals surface area contributed by atoms with Crippen molar-refractivity contribution in [3.05, 3.63) is 132 Å². The number of carbonyl (C=O) groups excluding carboxylic acids is 1. The van der Waals surface area contributed by atoms with Crippen LogP contribution in [0.15, 0.2) is 109 Å². The summed E-state index contributed by atoms with van der Waals surface area (Å²) in [7, 11) is 0. The molecule has 0 amide bonds. The van der Waals surface area contributed by atoms with Crippen LogP contribution in [0.4, 0.5) is 0 Å². The molecule has 0 unspecified atom stereocenters. The second kappa shape index (κ2) is 10.4.